The molecule has 4 rings (SSSR count). The van der Waals surface area contributed by atoms with E-state index in [-0.39, 0.29) is 36.8 Å². The molecule has 1 atom stereocenters. The third-order valence-electron chi connectivity index (χ3n) is 5.67. The highest BCUT2D eigenvalue weighted by Crippen LogP contribution is 2.28. The number of pyridine rings is 1. The molecule has 2 N–H and O–H groups in total. The quantitative estimate of drug-likeness (QED) is 0.581. The van der Waals surface area contributed by atoms with Gasteiger partial charge in [0.25, 0.3) is 5.91 Å². The van der Waals surface area contributed by atoms with Gasteiger partial charge in [-0.25, -0.2) is 9.67 Å². The van der Waals surface area contributed by atoms with Crippen molar-refractivity contribution < 1.29 is 4.79 Å². The van der Waals surface area contributed by atoms with E-state index in [4.69, 9.17) is 4.98 Å². The Morgan fingerprint density at radius 3 is 2.74 bits per heavy atom. The number of aromatic nitrogens is 3. The van der Waals surface area contributed by atoms with Crippen LogP contribution in [0.2, 0.25) is 0 Å². The Kier molecular flexibility index (Phi) is 8.86. The first-order valence-corrected chi connectivity index (χ1v) is 10.5. The molecule has 1 saturated heterocycles. The molecule has 8 heteroatoms. The molecule has 0 spiro atoms. The van der Waals surface area contributed by atoms with Crippen molar-refractivity contribution in [1.29, 1.82) is 0 Å². The minimum atomic E-state index is -0.0545. The Morgan fingerprint density at radius 2 is 2.06 bits per heavy atom. The van der Waals surface area contributed by atoms with Gasteiger partial charge in [-0.15, -0.1) is 24.8 Å². The summed E-state index contributed by atoms with van der Waals surface area (Å²) in [6.45, 7) is 8.94. The van der Waals surface area contributed by atoms with Gasteiger partial charge in [0.1, 0.15) is 0 Å². The molecule has 1 fully saturated rings. The Morgan fingerprint density at radius 1 is 1.29 bits per heavy atom. The van der Waals surface area contributed by atoms with Gasteiger partial charge in [-0.2, -0.15) is 5.10 Å². The number of fused-ring (bicyclic) bond motifs is 1. The van der Waals surface area contributed by atoms with Gasteiger partial charge < -0.3 is 10.6 Å². The smallest absolute Gasteiger partial charge is 0.252 e. The largest absolute Gasteiger partial charge is 0.352 e. The highest BCUT2D eigenvalue weighted by Gasteiger charge is 2.20. The molecule has 0 saturated carbocycles. The van der Waals surface area contributed by atoms with Crippen LogP contribution in [0, 0.1) is 12.8 Å². The van der Waals surface area contributed by atoms with Crippen LogP contribution < -0.4 is 10.6 Å². The number of hydrogen-bond donors (Lipinski definition) is 2. The van der Waals surface area contributed by atoms with Crippen molar-refractivity contribution >= 4 is 41.8 Å². The predicted molar refractivity (Wildman–Crippen MR) is 131 cm³/mol. The van der Waals surface area contributed by atoms with E-state index in [2.05, 4.69) is 48.6 Å². The summed E-state index contributed by atoms with van der Waals surface area (Å²) >= 11 is 0. The average molecular weight is 464 g/mol. The molecule has 31 heavy (non-hydrogen) atoms. The van der Waals surface area contributed by atoms with Crippen molar-refractivity contribution in [3.63, 3.8) is 0 Å². The molecule has 1 aliphatic heterocycles. The van der Waals surface area contributed by atoms with Crippen molar-refractivity contribution in [3.8, 4) is 11.3 Å². The van der Waals surface area contributed by atoms with Crippen LogP contribution in [-0.4, -0.2) is 40.3 Å². The molecule has 0 radical (unpaired) electrons. The first kappa shape index (κ1) is 25.1. The molecule has 0 bridgehead atoms. The maximum atomic E-state index is 13.2. The number of aryl methyl sites for hydroxylation is 1. The van der Waals surface area contributed by atoms with E-state index in [1.54, 1.807) is 6.20 Å². The molecule has 1 aromatic carbocycles. The summed E-state index contributed by atoms with van der Waals surface area (Å²) in [5.41, 5.74) is 4.38. The third kappa shape index (κ3) is 5.37. The zero-order chi connectivity index (χ0) is 20.4. The standard InChI is InChI=1S/C23H29N5O.2ClH/c1-15(2)28-22-20(14-26-28)19(23(29)25-13-17-8-6-10-24-12-17)11-21(27-22)18-9-5-4-7-16(18)3;;/h4-5,7,9,11,14-15,17,24H,6,8,10,12-13H2,1-3H3,(H,25,29);2*1H. The molecule has 1 aliphatic rings. The predicted octanol–water partition coefficient (Wildman–Crippen LogP) is 4.56. The lowest BCUT2D eigenvalue weighted by Gasteiger charge is -2.23. The molecule has 0 aliphatic carbocycles. The number of rotatable bonds is 5. The van der Waals surface area contributed by atoms with Gasteiger partial charge in [-0.1, -0.05) is 24.3 Å². The summed E-state index contributed by atoms with van der Waals surface area (Å²) in [6.07, 6.45) is 4.08. The SMILES string of the molecule is Cc1ccccc1-c1cc(C(=O)NCC2CCCNC2)c2cnn(C(C)C)c2n1.Cl.Cl. The monoisotopic (exact) mass is 463 g/mol. The summed E-state index contributed by atoms with van der Waals surface area (Å²) in [4.78, 5) is 18.0. The van der Waals surface area contributed by atoms with Crippen molar-refractivity contribution in [2.75, 3.05) is 19.6 Å². The first-order chi connectivity index (χ1) is 14.0. The fraction of sp³-hybridized carbons (Fsp3) is 0.435. The fourth-order valence-electron chi connectivity index (χ4n) is 4.01. The zero-order valence-corrected chi connectivity index (χ0v) is 19.9. The second-order valence-electron chi connectivity index (χ2n) is 8.21. The van der Waals surface area contributed by atoms with E-state index in [0.29, 0.717) is 18.0 Å². The average Bonchev–Trinajstić information content (AvgIpc) is 3.17. The van der Waals surface area contributed by atoms with Gasteiger partial charge >= 0.3 is 0 Å². The molecule has 168 valence electrons. The highest BCUT2D eigenvalue weighted by molar-refractivity contribution is 6.06. The van der Waals surface area contributed by atoms with Crippen LogP contribution in [-0.2, 0) is 0 Å². The number of carbonyl (C=O) groups excluding carboxylic acids is 1. The van der Waals surface area contributed by atoms with E-state index in [1.165, 1.54) is 6.42 Å². The third-order valence-corrected chi connectivity index (χ3v) is 5.67. The Balaban J connectivity index is 0.00000171. The maximum absolute atomic E-state index is 13.2. The molecular formula is C23H31Cl2N5O. The summed E-state index contributed by atoms with van der Waals surface area (Å²) in [6, 6.07) is 10.2. The number of halogens is 2. The highest BCUT2D eigenvalue weighted by atomic mass is 35.5. The molecule has 2 aromatic heterocycles. The molecule has 6 nitrogen and oxygen atoms in total. The second-order valence-corrected chi connectivity index (χ2v) is 8.21. The van der Waals surface area contributed by atoms with Gasteiger partial charge in [0.15, 0.2) is 5.65 Å². The fourth-order valence-corrected chi connectivity index (χ4v) is 4.01. The van der Waals surface area contributed by atoms with Crippen molar-refractivity contribution in [2.24, 2.45) is 5.92 Å². The van der Waals surface area contributed by atoms with Crippen LogP contribution >= 0.6 is 24.8 Å². The molecule has 3 heterocycles. The number of hydrogen-bond acceptors (Lipinski definition) is 4. The summed E-state index contributed by atoms with van der Waals surface area (Å²) < 4.78 is 1.89. The number of nitrogens with one attached hydrogen (secondary N) is 2. The van der Waals surface area contributed by atoms with Gasteiger partial charge in [-0.3, -0.25) is 4.79 Å². The van der Waals surface area contributed by atoms with Crippen LogP contribution in [0.4, 0.5) is 0 Å². The minimum absolute atomic E-state index is 0. The Bertz CT molecular complexity index is 1030. The van der Waals surface area contributed by atoms with Gasteiger partial charge in [-0.05, 0) is 64.3 Å². The topological polar surface area (TPSA) is 71.8 Å². The van der Waals surface area contributed by atoms with E-state index < -0.39 is 0 Å². The Hall–Kier alpha value is -2.15. The zero-order valence-electron chi connectivity index (χ0n) is 18.2. The minimum Gasteiger partial charge on any atom is -0.352 e. The van der Waals surface area contributed by atoms with Gasteiger partial charge in [0.05, 0.1) is 22.8 Å². The summed E-state index contributed by atoms with van der Waals surface area (Å²) in [5.74, 6) is 0.431. The van der Waals surface area contributed by atoms with Crippen molar-refractivity contribution in [1.82, 2.24) is 25.4 Å². The van der Waals surface area contributed by atoms with Crippen LogP contribution in [0.5, 0.6) is 0 Å². The maximum Gasteiger partial charge on any atom is 0.252 e. The molecule has 1 unspecified atom stereocenters. The van der Waals surface area contributed by atoms with E-state index >= 15 is 0 Å². The van der Waals surface area contributed by atoms with Crippen molar-refractivity contribution in [2.45, 2.75) is 39.7 Å². The van der Waals surface area contributed by atoms with Crippen LogP contribution in [0.25, 0.3) is 22.3 Å². The molecule has 1 amide bonds. The molecular weight excluding hydrogens is 433 g/mol. The lowest BCUT2D eigenvalue weighted by atomic mass is 9.99. The number of nitrogens with zero attached hydrogens (tertiary/aromatic N) is 3. The van der Waals surface area contributed by atoms with E-state index in [1.807, 2.05) is 22.9 Å². The first-order valence-electron chi connectivity index (χ1n) is 10.5. The van der Waals surface area contributed by atoms with Crippen molar-refractivity contribution in [3.05, 3.63) is 47.7 Å². The summed E-state index contributed by atoms with van der Waals surface area (Å²) in [5, 5.41) is 11.9. The lowest BCUT2D eigenvalue weighted by Crippen LogP contribution is -2.38. The van der Waals surface area contributed by atoms with Crippen LogP contribution in [0.15, 0.2) is 36.5 Å². The van der Waals surface area contributed by atoms with E-state index in [0.717, 1.165) is 47.4 Å². The summed E-state index contributed by atoms with van der Waals surface area (Å²) in [7, 11) is 0. The molecule has 3 aromatic rings. The van der Waals surface area contributed by atoms with Crippen LogP contribution in [0.3, 0.4) is 0 Å². The van der Waals surface area contributed by atoms with Crippen LogP contribution in [0.1, 0.15) is 48.7 Å². The Labute approximate surface area is 196 Å². The number of amides is 1. The number of carbonyl (C=O) groups is 1. The normalized spacial score (nSPS) is 15.9. The van der Waals surface area contributed by atoms with Gasteiger partial charge in [0, 0.05) is 18.2 Å². The number of benzene rings is 1. The van der Waals surface area contributed by atoms with Gasteiger partial charge in [0.2, 0.25) is 0 Å². The second kappa shape index (κ2) is 10.9. The number of piperidine rings is 1. The lowest BCUT2D eigenvalue weighted by molar-refractivity contribution is 0.0946. The van der Waals surface area contributed by atoms with E-state index in [9.17, 15) is 4.79 Å².